The number of carbonyl (C=O) groups is 2. The van der Waals surface area contributed by atoms with Gasteiger partial charge in [-0.2, -0.15) is 0 Å². The number of hydrogen-bond donors (Lipinski definition) is 1. The van der Waals surface area contributed by atoms with Crippen LogP contribution in [0.4, 0.5) is 5.69 Å². The summed E-state index contributed by atoms with van der Waals surface area (Å²) in [4.78, 5) is 25.5. The topological polar surface area (TPSA) is 89.5 Å². The molecule has 0 aliphatic heterocycles. The molecular formula is C23H20ClNO5S. The van der Waals surface area contributed by atoms with E-state index in [2.05, 4.69) is 5.32 Å². The van der Waals surface area contributed by atoms with Gasteiger partial charge in [0.05, 0.1) is 15.5 Å². The molecule has 0 bridgehead atoms. The van der Waals surface area contributed by atoms with Crippen molar-refractivity contribution in [2.24, 2.45) is 0 Å². The van der Waals surface area contributed by atoms with Gasteiger partial charge in [-0.3, -0.25) is 4.79 Å². The summed E-state index contributed by atoms with van der Waals surface area (Å²) in [7, 11) is -3.65. The van der Waals surface area contributed by atoms with Crippen molar-refractivity contribution in [3.8, 4) is 0 Å². The lowest BCUT2D eigenvalue weighted by molar-refractivity contribution is -0.125. The molecule has 3 aromatic rings. The molecule has 3 rings (SSSR count). The molecule has 0 aromatic heterocycles. The van der Waals surface area contributed by atoms with Crippen molar-refractivity contribution < 1.29 is 22.7 Å². The van der Waals surface area contributed by atoms with Crippen molar-refractivity contribution in [1.82, 2.24) is 0 Å². The van der Waals surface area contributed by atoms with E-state index in [-0.39, 0.29) is 15.5 Å². The fourth-order valence-corrected chi connectivity index (χ4v) is 4.14. The first kappa shape index (κ1) is 22.5. The third-order valence-electron chi connectivity index (χ3n) is 4.45. The molecule has 0 aliphatic rings. The number of nitrogens with one attached hydrogen (secondary N) is 1. The smallest absolute Gasteiger partial charge is 0.339 e. The highest BCUT2D eigenvalue weighted by Crippen LogP contribution is 2.26. The van der Waals surface area contributed by atoms with Crippen molar-refractivity contribution in [2.75, 3.05) is 11.6 Å². The molecule has 6 nitrogen and oxygen atoms in total. The third-order valence-corrected chi connectivity index (χ3v) is 6.03. The molecule has 8 heteroatoms. The van der Waals surface area contributed by atoms with Crippen LogP contribution >= 0.6 is 11.6 Å². The van der Waals surface area contributed by atoms with E-state index in [1.165, 1.54) is 12.1 Å². The van der Waals surface area contributed by atoms with Gasteiger partial charge in [0.15, 0.2) is 9.84 Å². The normalized spacial score (nSPS) is 12.1. The molecule has 3 aromatic carbocycles. The van der Waals surface area contributed by atoms with E-state index in [1.807, 2.05) is 19.1 Å². The maximum Gasteiger partial charge on any atom is 0.339 e. The Balaban J connectivity index is 1.89. The van der Waals surface area contributed by atoms with Crippen LogP contribution in [0.15, 0.2) is 77.7 Å². The predicted molar refractivity (Wildman–Crippen MR) is 119 cm³/mol. The monoisotopic (exact) mass is 457 g/mol. The summed E-state index contributed by atoms with van der Waals surface area (Å²) in [5, 5.41) is 2.73. The number of halogens is 1. The van der Waals surface area contributed by atoms with Crippen LogP contribution in [-0.4, -0.2) is 26.6 Å². The molecule has 0 spiro atoms. The molecule has 0 aliphatic carbocycles. The lowest BCUT2D eigenvalue weighted by Crippen LogP contribution is -2.26. The average Bonchev–Trinajstić information content (AvgIpc) is 2.73. The van der Waals surface area contributed by atoms with E-state index in [0.717, 1.165) is 17.9 Å². The minimum Gasteiger partial charge on any atom is -0.444 e. The van der Waals surface area contributed by atoms with Crippen LogP contribution in [0.1, 0.15) is 27.6 Å². The minimum absolute atomic E-state index is 0.00391. The molecule has 1 atom stereocenters. The lowest BCUT2D eigenvalue weighted by Gasteiger charge is -2.18. The van der Waals surface area contributed by atoms with Crippen LogP contribution in [-0.2, 0) is 19.4 Å². The summed E-state index contributed by atoms with van der Waals surface area (Å²) >= 11 is 5.94. The third kappa shape index (κ3) is 5.71. The number of anilines is 1. The molecule has 0 radical (unpaired) electrons. The number of ether oxygens (including phenoxy) is 1. The summed E-state index contributed by atoms with van der Waals surface area (Å²) < 4.78 is 29.3. The Morgan fingerprint density at radius 1 is 0.968 bits per heavy atom. The largest absolute Gasteiger partial charge is 0.444 e. The van der Waals surface area contributed by atoms with Crippen molar-refractivity contribution in [3.05, 3.63) is 94.5 Å². The van der Waals surface area contributed by atoms with Crippen LogP contribution in [0.25, 0.3) is 0 Å². The SMILES string of the molecule is Cc1ccc(NC(=O)C(OC(=O)c2ccc(Cl)c(S(C)(=O)=O)c2)c2ccccc2)cc1. The summed E-state index contributed by atoms with van der Waals surface area (Å²) in [5.41, 5.74) is 2.03. The highest BCUT2D eigenvalue weighted by atomic mass is 35.5. The maximum atomic E-state index is 12.9. The van der Waals surface area contributed by atoms with Crippen molar-refractivity contribution >= 4 is 39.0 Å². The minimum atomic E-state index is -3.65. The number of sulfone groups is 1. The quantitative estimate of drug-likeness (QED) is 0.547. The Morgan fingerprint density at radius 2 is 1.61 bits per heavy atom. The van der Waals surface area contributed by atoms with E-state index < -0.39 is 27.8 Å². The molecule has 1 amide bonds. The number of aryl methyl sites for hydroxylation is 1. The van der Waals surface area contributed by atoms with Gasteiger partial charge in [-0.05, 0) is 37.3 Å². The van der Waals surface area contributed by atoms with Gasteiger partial charge in [0.2, 0.25) is 6.10 Å². The summed E-state index contributed by atoms with van der Waals surface area (Å²) in [6.45, 7) is 1.93. The lowest BCUT2D eigenvalue weighted by atomic mass is 10.1. The zero-order valence-corrected chi connectivity index (χ0v) is 18.4. The summed E-state index contributed by atoms with van der Waals surface area (Å²) in [6.07, 6.45) is -0.252. The Bertz CT molecular complexity index is 1210. The van der Waals surface area contributed by atoms with E-state index in [0.29, 0.717) is 11.3 Å². The summed E-state index contributed by atoms with van der Waals surface area (Å²) in [5.74, 6) is -1.39. The van der Waals surface area contributed by atoms with Gasteiger partial charge in [-0.15, -0.1) is 0 Å². The van der Waals surface area contributed by atoms with Gasteiger partial charge >= 0.3 is 5.97 Å². The van der Waals surface area contributed by atoms with Crippen molar-refractivity contribution in [2.45, 2.75) is 17.9 Å². The van der Waals surface area contributed by atoms with Gasteiger partial charge in [-0.25, -0.2) is 13.2 Å². The van der Waals surface area contributed by atoms with E-state index in [4.69, 9.17) is 16.3 Å². The zero-order valence-electron chi connectivity index (χ0n) is 16.8. The second-order valence-electron chi connectivity index (χ2n) is 6.97. The average molecular weight is 458 g/mol. The molecule has 1 unspecified atom stereocenters. The number of rotatable bonds is 6. The van der Waals surface area contributed by atoms with Crippen LogP contribution in [0, 0.1) is 6.92 Å². The predicted octanol–water partition coefficient (Wildman–Crippen LogP) is 4.59. The van der Waals surface area contributed by atoms with E-state index >= 15 is 0 Å². The van der Waals surface area contributed by atoms with Crippen LogP contribution in [0.3, 0.4) is 0 Å². The second-order valence-corrected chi connectivity index (χ2v) is 9.36. The first-order chi connectivity index (χ1) is 14.6. The van der Waals surface area contributed by atoms with Crippen LogP contribution in [0.2, 0.25) is 5.02 Å². The fourth-order valence-electron chi connectivity index (χ4n) is 2.84. The Morgan fingerprint density at radius 3 is 2.23 bits per heavy atom. The standard InChI is InChI=1S/C23H20ClNO5S/c1-15-8-11-18(12-9-15)25-22(26)21(16-6-4-3-5-7-16)30-23(27)17-10-13-19(24)20(14-17)31(2,28)29/h3-14,21H,1-2H3,(H,25,26). The van der Waals surface area contributed by atoms with Gasteiger partial charge in [0.1, 0.15) is 0 Å². The number of benzene rings is 3. The first-order valence-electron chi connectivity index (χ1n) is 9.28. The summed E-state index contributed by atoms with van der Waals surface area (Å²) in [6, 6.07) is 19.5. The number of esters is 1. The fraction of sp³-hybridized carbons (Fsp3) is 0.130. The van der Waals surface area contributed by atoms with Crippen LogP contribution < -0.4 is 5.32 Å². The second kappa shape index (κ2) is 9.32. The van der Waals surface area contributed by atoms with Gasteiger partial charge in [0.25, 0.3) is 5.91 Å². The van der Waals surface area contributed by atoms with E-state index in [1.54, 1.807) is 42.5 Å². The highest BCUT2D eigenvalue weighted by molar-refractivity contribution is 7.90. The zero-order chi connectivity index (χ0) is 22.6. The van der Waals surface area contributed by atoms with Gasteiger partial charge in [-0.1, -0.05) is 59.6 Å². The molecule has 0 saturated carbocycles. The molecule has 160 valence electrons. The number of carbonyl (C=O) groups excluding carboxylic acids is 2. The van der Waals surface area contributed by atoms with Gasteiger partial charge < -0.3 is 10.1 Å². The van der Waals surface area contributed by atoms with E-state index in [9.17, 15) is 18.0 Å². The maximum absolute atomic E-state index is 12.9. The van der Waals surface area contributed by atoms with Gasteiger partial charge in [0, 0.05) is 17.5 Å². The Hall–Kier alpha value is -3.16. The highest BCUT2D eigenvalue weighted by Gasteiger charge is 2.26. The number of hydrogen-bond acceptors (Lipinski definition) is 5. The first-order valence-corrected chi connectivity index (χ1v) is 11.5. The molecular weight excluding hydrogens is 438 g/mol. The molecule has 0 fully saturated rings. The molecule has 31 heavy (non-hydrogen) atoms. The molecule has 0 saturated heterocycles. The van der Waals surface area contributed by atoms with Crippen molar-refractivity contribution in [3.63, 3.8) is 0 Å². The van der Waals surface area contributed by atoms with Crippen LogP contribution in [0.5, 0.6) is 0 Å². The molecule has 0 heterocycles. The Labute approximate surface area is 185 Å². The Kier molecular flexibility index (Phi) is 6.77. The number of amides is 1. The molecule has 1 N–H and O–H groups in total. The van der Waals surface area contributed by atoms with Crippen molar-refractivity contribution in [1.29, 1.82) is 0 Å².